The second-order valence-electron chi connectivity index (χ2n) is 13.2. The SMILES string of the molecule is CC(C)(C)OC(=O)NC1COc2ccc(O[Si](c3ccccc3)(c3ccccc3)C(C)(C)C)cc2C1N1CCCC1=O. The largest absolute Gasteiger partial charge is 0.534 e. The minimum absolute atomic E-state index is 0.0714. The second-order valence-corrected chi connectivity index (χ2v) is 17.4. The maximum absolute atomic E-state index is 13.1. The fraction of sp³-hybridized carbons (Fsp3) is 0.412. The molecule has 1 fully saturated rings. The lowest BCUT2D eigenvalue weighted by Crippen LogP contribution is -2.68. The van der Waals surface area contributed by atoms with Crippen LogP contribution in [0.5, 0.6) is 11.5 Å². The van der Waals surface area contributed by atoms with Gasteiger partial charge in [0, 0.05) is 18.5 Å². The molecule has 7 nitrogen and oxygen atoms in total. The molecule has 3 aromatic rings. The van der Waals surface area contributed by atoms with Crippen LogP contribution in [0.15, 0.2) is 78.9 Å². The number of likely N-dealkylation sites (tertiary alicyclic amines) is 1. The molecule has 2 amide bonds. The lowest BCUT2D eigenvalue weighted by molar-refractivity contribution is -0.131. The predicted molar refractivity (Wildman–Crippen MR) is 167 cm³/mol. The van der Waals surface area contributed by atoms with Gasteiger partial charge in [0.05, 0.1) is 12.1 Å². The summed E-state index contributed by atoms with van der Waals surface area (Å²) in [4.78, 5) is 27.8. The van der Waals surface area contributed by atoms with E-state index in [1.807, 2.05) is 56.0 Å². The Kier molecular flexibility index (Phi) is 8.12. The Labute approximate surface area is 250 Å². The molecule has 0 radical (unpaired) electrons. The van der Waals surface area contributed by atoms with Gasteiger partial charge in [0.25, 0.3) is 0 Å². The second kappa shape index (κ2) is 11.5. The summed E-state index contributed by atoms with van der Waals surface area (Å²) < 4.78 is 19.0. The van der Waals surface area contributed by atoms with E-state index >= 15 is 0 Å². The lowest BCUT2D eigenvalue weighted by atomic mass is 9.94. The number of nitrogens with zero attached hydrogens (tertiary/aromatic N) is 1. The summed E-state index contributed by atoms with van der Waals surface area (Å²) >= 11 is 0. The number of carbonyl (C=O) groups excluding carboxylic acids is 2. The molecule has 2 unspecified atom stereocenters. The molecule has 0 saturated carbocycles. The van der Waals surface area contributed by atoms with Gasteiger partial charge in [0.15, 0.2) is 0 Å². The zero-order valence-electron chi connectivity index (χ0n) is 25.5. The van der Waals surface area contributed by atoms with Crippen LogP contribution in [0.1, 0.15) is 66.0 Å². The molecule has 2 aliphatic rings. The van der Waals surface area contributed by atoms with Crippen LogP contribution in [0.25, 0.3) is 0 Å². The molecule has 2 atom stereocenters. The van der Waals surface area contributed by atoms with Crippen LogP contribution in [0.4, 0.5) is 4.79 Å². The van der Waals surface area contributed by atoms with Crippen molar-refractivity contribution in [1.29, 1.82) is 0 Å². The van der Waals surface area contributed by atoms with E-state index in [0.29, 0.717) is 24.5 Å². The number of hydrogen-bond acceptors (Lipinski definition) is 5. The molecule has 5 rings (SSSR count). The maximum atomic E-state index is 13.1. The monoisotopic (exact) mass is 586 g/mol. The van der Waals surface area contributed by atoms with E-state index in [9.17, 15) is 9.59 Å². The first kappa shape index (κ1) is 29.7. The minimum atomic E-state index is -2.88. The summed E-state index contributed by atoms with van der Waals surface area (Å²) in [6.07, 6.45) is 0.739. The van der Waals surface area contributed by atoms with Crippen molar-refractivity contribution >= 4 is 30.7 Å². The number of rotatable bonds is 6. The van der Waals surface area contributed by atoms with Crippen LogP contribution in [-0.4, -0.2) is 50.0 Å². The van der Waals surface area contributed by atoms with Crippen molar-refractivity contribution in [3.63, 3.8) is 0 Å². The predicted octanol–water partition coefficient (Wildman–Crippen LogP) is 5.57. The number of alkyl carbamates (subject to hydrolysis) is 1. The van der Waals surface area contributed by atoms with E-state index < -0.39 is 32.1 Å². The van der Waals surface area contributed by atoms with Gasteiger partial charge in [0.2, 0.25) is 5.91 Å². The molecular formula is C34H42N2O5Si. The number of amides is 2. The Morgan fingerprint density at radius 2 is 1.55 bits per heavy atom. The average Bonchev–Trinajstić information content (AvgIpc) is 3.36. The first-order chi connectivity index (χ1) is 19.9. The third-order valence-corrected chi connectivity index (χ3v) is 12.9. The van der Waals surface area contributed by atoms with Gasteiger partial charge in [0.1, 0.15) is 23.7 Å². The van der Waals surface area contributed by atoms with E-state index in [2.05, 4.69) is 74.6 Å². The van der Waals surface area contributed by atoms with Gasteiger partial charge in [-0.15, -0.1) is 0 Å². The zero-order chi connectivity index (χ0) is 30.1. The molecule has 42 heavy (non-hydrogen) atoms. The third kappa shape index (κ3) is 5.90. The molecule has 0 bridgehead atoms. The molecule has 0 aromatic heterocycles. The molecule has 3 aromatic carbocycles. The van der Waals surface area contributed by atoms with Crippen molar-refractivity contribution in [2.24, 2.45) is 0 Å². The summed E-state index contributed by atoms with van der Waals surface area (Å²) in [5.74, 6) is 1.47. The van der Waals surface area contributed by atoms with Crippen LogP contribution in [0.2, 0.25) is 5.04 Å². The molecule has 0 spiro atoms. The topological polar surface area (TPSA) is 77.1 Å². The molecule has 0 aliphatic carbocycles. The number of benzene rings is 3. The van der Waals surface area contributed by atoms with Crippen molar-refractivity contribution in [3.05, 3.63) is 84.4 Å². The normalized spacial score (nSPS) is 19.1. The van der Waals surface area contributed by atoms with Crippen molar-refractivity contribution in [2.45, 2.75) is 77.1 Å². The van der Waals surface area contributed by atoms with Crippen LogP contribution in [-0.2, 0) is 9.53 Å². The van der Waals surface area contributed by atoms with E-state index in [4.69, 9.17) is 13.9 Å². The summed E-state index contributed by atoms with van der Waals surface area (Å²) in [6, 6.07) is 26.0. The van der Waals surface area contributed by atoms with E-state index in [1.165, 1.54) is 10.4 Å². The van der Waals surface area contributed by atoms with Crippen molar-refractivity contribution in [1.82, 2.24) is 10.2 Å². The number of carbonyl (C=O) groups is 2. The smallest absolute Gasteiger partial charge is 0.408 e. The lowest BCUT2D eigenvalue weighted by Gasteiger charge is -2.43. The molecule has 2 heterocycles. The summed E-state index contributed by atoms with van der Waals surface area (Å²) in [5, 5.41) is 5.13. The fourth-order valence-electron chi connectivity index (χ4n) is 6.19. The van der Waals surface area contributed by atoms with Gasteiger partial charge in [-0.2, -0.15) is 0 Å². The minimum Gasteiger partial charge on any atom is -0.534 e. The average molecular weight is 587 g/mol. The van der Waals surface area contributed by atoms with Gasteiger partial charge >= 0.3 is 14.4 Å². The maximum Gasteiger partial charge on any atom is 0.408 e. The Bertz CT molecular complexity index is 1380. The van der Waals surface area contributed by atoms with Crippen LogP contribution in [0, 0.1) is 0 Å². The van der Waals surface area contributed by atoms with Gasteiger partial charge in [-0.25, -0.2) is 4.79 Å². The summed E-state index contributed by atoms with van der Waals surface area (Å²) in [6.45, 7) is 13.1. The highest BCUT2D eigenvalue weighted by atomic mass is 28.4. The van der Waals surface area contributed by atoms with E-state index in [-0.39, 0.29) is 17.6 Å². The number of nitrogens with one attached hydrogen (secondary N) is 1. The van der Waals surface area contributed by atoms with Crippen molar-refractivity contribution in [2.75, 3.05) is 13.2 Å². The fourth-order valence-corrected chi connectivity index (χ4v) is 10.6. The van der Waals surface area contributed by atoms with Crippen molar-refractivity contribution in [3.8, 4) is 11.5 Å². The standard InChI is InChI=1S/C34H42N2O5Si/c1-33(2,3)40-32(38)35-28-23-39-29-20-19-24(22-27(29)31(28)36-21-13-18-30(36)37)41-42(34(4,5)6,25-14-9-7-10-15-25)26-16-11-8-12-17-26/h7-12,14-17,19-20,22,28,31H,13,18,21,23H2,1-6H3,(H,35,38). The molecule has 1 saturated heterocycles. The first-order valence-electron chi connectivity index (χ1n) is 14.7. The van der Waals surface area contributed by atoms with Crippen LogP contribution < -0.4 is 24.9 Å². The molecule has 222 valence electrons. The Morgan fingerprint density at radius 3 is 2.07 bits per heavy atom. The van der Waals surface area contributed by atoms with Gasteiger partial charge in [-0.1, -0.05) is 81.4 Å². The number of fused-ring (bicyclic) bond motifs is 1. The summed E-state index contributed by atoms with van der Waals surface area (Å²) in [7, 11) is -2.88. The highest BCUT2D eigenvalue weighted by molar-refractivity contribution is 7.00. The Morgan fingerprint density at radius 1 is 0.929 bits per heavy atom. The van der Waals surface area contributed by atoms with Crippen LogP contribution >= 0.6 is 0 Å². The van der Waals surface area contributed by atoms with E-state index in [1.54, 1.807) is 0 Å². The zero-order valence-corrected chi connectivity index (χ0v) is 26.5. The quantitative estimate of drug-likeness (QED) is 0.382. The van der Waals surface area contributed by atoms with Crippen molar-refractivity contribution < 1.29 is 23.5 Å². The number of ether oxygens (including phenoxy) is 2. The van der Waals surface area contributed by atoms with Gasteiger partial charge in [-0.05, 0) is 60.8 Å². The molecule has 1 N–H and O–H groups in total. The molecular weight excluding hydrogens is 544 g/mol. The van der Waals surface area contributed by atoms with Gasteiger partial charge < -0.3 is 24.1 Å². The van der Waals surface area contributed by atoms with Gasteiger partial charge in [-0.3, -0.25) is 4.79 Å². The highest BCUT2D eigenvalue weighted by Gasteiger charge is 2.52. The Balaban J connectivity index is 1.59. The summed E-state index contributed by atoms with van der Waals surface area (Å²) in [5.41, 5.74) is 0.181. The first-order valence-corrected chi connectivity index (χ1v) is 16.7. The third-order valence-electron chi connectivity index (χ3n) is 7.94. The number of hydrogen-bond donors (Lipinski definition) is 1. The van der Waals surface area contributed by atoms with E-state index in [0.717, 1.165) is 12.0 Å². The molecule has 2 aliphatic heterocycles. The molecule has 8 heteroatoms. The highest BCUT2D eigenvalue weighted by Crippen LogP contribution is 2.43. The Hall–Kier alpha value is -3.78. The van der Waals surface area contributed by atoms with Crippen LogP contribution in [0.3, 0.4) is 0 Å².